The summed E-state index contributed by atoms with van der Waals surface area (Å²) in [5, 5.41) is 11.3. The zero-order valence-electron chi connectivity index (χ0n) is 16.5. The second kappa shape index (κ2) is 8.67. The zero-order chi connectivity index (χ0) is 23.7. The first-order valence-electron chi connectivity index (χ1n) is 8.98. The van der Waals surface area contributed by atoms with Crippen LogP contribution >= 0.6 is 0 Å². The summed E-state index contributed by atoms with van der Waals surface area (Å²) in [7, 11) is -4.34. The molecular weight excluding hydrogens is 454 g/mol. The molecule has 3 aromatic rings. The Balaban J connectivity index is 1.84. The number of sulfonamides is 1. The topological polar surface area (TPSA) is 120 Å². The van der Waals surface area contributed by atoms with Crippen LogP contribution in [-0.4, -0.2) is 29.1 Å². The van der Waals surface area contributed by atoms with Crippen molar-refractivity contribution in [1.29, 1.82) is 0 Å². The Morgan fingerprint density at radius 2 is 1.84 bits per heavy atom. The summed E-state index contributed by atoms with van der Waals surface area (Å²) < 4.78 is 76.9. The van der Waals surface area contributed by atoms with E-state index < -0.39 is 39.0 Å². The Hall–Kier alpha value is -3.32. The van der Waals surface area contributed by atoms with Gasteiger partial charge in [-0.05, 0) is 23.8 Å². The number of rotatable bonds is 7. The molecule has 0 bridgehead atoms. The maximum atomic E-state index is 13.4. The molecule has 3 rings (SSSR count). The van der Waals surface area contributed by atoms with Crippen molar-refractivity contribution in [1.82, 2.24) is 14.8 Å². The molecule has 3 N–H and O–H groups in total. The lowest BCUT2D eigenvalue weighted by Crippen LogP contribution is -2.18. The Bertz CT molecular complexity index is 1240. The Morgan fingerprint density at radius 1 is 1.19 bits per heavy atom. The number of primary sulfonamides is 1. The van der Waals surface area contributed by atoms with Gasteiger partial charge in [0.05, 0.1) is 12.1 Å². The number of hydrogen-bond acceptors (Lipinski definition) is 5. The number of carbonyl (C=O) groups is 1. The van der Waals surface area contributed by atoms with Crippen LogP contribution in [0.3, 0.4) is 0 Å². The molecule has 0 radical (unpaired) electrons. The number of benzene rings is 2. The number of carbonyl (C=O) groups excluding carboxylic acids is 1. The number of aromatic nitrogens is 3. The van der Waals surface area contributed by atoms with Crippen molar-refractivity contribution < 1.29 is 30.8 Å². The van der Waals surface area contributed by atoms with Crippen molar-refractivity contribution in [2.24, 2.45) is 5.14 Å². The highest BCUT2D eigenvalue weighted by Crippen LogP contribution is 2.26. The van der Waals surface area contributed by atoms with E-state index in [0.717, 1.165) is 17.1 Å². The van der Waals surface area contributed by atoms with Gasteiger partial charge in [-0.3, -0.25) is 4.79 Å². The van der Waals surface area contributed by atoms with Crippen LogP contribution in [0.1, 0.15) is 30.3 Å². The van der Waals surface area contributed by atoms with Gasteiger partial charge < -0.3 is 5.32 Å². The number of nitrogens with two attached hydrogens (primary N) is 1. The van der Waals surface area contributed by atoms with Crippen LogP contribution in [0.15, 0.2) is 53.7 Å². The summed E-state index contributed by atoms with van der Waals surface area (Å²) in [4.78, 5) is 15.3. The second-order valence-electron chi connectivity index (χ2n) is 6.90. The van der Waals surface area contributed by atoms with Crippen LogP contribution in [0, 0.1) is 0 Å². The summed E-state index contributed by atoms with van der Waals surface area (Å²) in [5.41, 5.74) is 0.203. The van der Waals surface area contributed by atoms with Crippen LogP contribution in [-0.2, 0) is 27.2 Å². The molecule has 2 aromatic carbocycles. The molecular formula is C19H17F4N5O3S. The minimum atomic E-state index is -4.34. The summed E-state index contributed by atoms with van der Waals surface area (Å²) in [6.45, 7) is 0.590. The number of anilines is 1. The van der Waals surface area contributed by atoms with Gasteiger partial charge in [0.2, 0.25) is 21.8 Å². The van der Waals surface area contributed by atoms with Crippen LogP contribution < -0.4 is 10.5 Å². The average Bonchev–Trinajstić information content (AvgIpc) is 3.18. The van der Waals surface area contributed by atoms with Gasteiger partial charge in [-0.15, -0.1) is 5.10 Å². The summed E-state index contributed by atoms with van der Waals surface area (Å²) in [6, 6.07) is 8.76. The lowest BCUT2D eigenvalue weighted by atomic mass is 10.1. The van der Waals surface area contributed by atoms with Gasteiger partial charge in [0.25, 0.3) is 6.43 Å². The van der Waals surface area contributed by atoms with Gasteiger partial charge in [0, 0.05) is 18.2 Å². The van der Waals surface area contributed by atoms with Gasteiger partial charge in [-0.1, -0.05) is 24.3 Å². The van der Waals surface area contributed by atoms with Crippen LogP contribution in [0.2, 0.25) is 0 Å². The first-order chi connectivity index (χ1) is 14.8. The van der Waals surface area contributed by atoms with E-state index in [4.69, 9.17) is 5.14 Å². The summed E-state index contributed by atoms with van der Waals surface area (Å²) in [5.74, 6) is -4.70. The minimum Gasteiger partial charge on any atom is -0.326 e. The SMILES string of the molecule is CC(F)(F)c1ncn(-c2ccc(NC(=O)Cc3ccc(C(F)F)cc3)cc2S(N)(=O)=O)n1. The molecule has 1 aromatic heterocycles. The normalized spacial score (nSPS) is 12.2. The maximum absolute atomic E-state index is 13.4. The monoisotopic (exact) mass is 471 g/mol. The molecule has 0 saturated carbocycles. The number of hydrogen-bond donors (Lipinski definition) is 2. The Kier molecular flexibility index (Phi) is 6.32. The highest BCUT2D eigenvalue weighted by Gasteiger charge is 2.30. The lowest BCUT2D eigenvalue weighted by Gasteiger charge is -2.11. The molecule has 170 valence electrons. The standard InChI is InChI=1S/C19H17F4N5O3S/c1-19(22,23)18-25-10-28(27-18)14-7-6-13(9-15(14)32(24,30)31)26-16(29)8-11-2-4-12(5-3-11)17(20)21/h2-7,9-10,17H,8H2,1H3,(H,26,29)(H2,24,30,31). The molecule has 0 atom stereocenters. The van der Waals surface area contributed by atoms with E-state index in [1.807, 2.05) is 0 Å². The predicted octanol–water partition coefficient (Wildman–Crippen LogP) is 3.15. The van der Waals surface area contributed by atoms with Crippen molar-refractivity contribution >= 4 is 21.6 Å². The van der Waals surface area contributed by atoms with Crippen LogP contribution in [0.4, 0.5) is 23.2 Å². The first kappa shape index (κ1) is 23.3. The van der Waals surface area contributed by atoms with Gasteiger partial charge in [-0.25, -0.2) is 32.0 Å². The van der Waals surface area contributed by atoms with E-state index in [1.54, 1.807) is 0 Å². The van der Waals surface area contributed by atoms with Gasteiger partial charge in [-0.2, -0.15) is 8.78 Å². The Labute approximate surface area is 180 Å². The third-order valence-corrected chi connectivity index (χ3v) is 5.22. The fourth-order valence-electron chi connectivity index (χ4n) is 2.76. The largest absolute Gasteiger partial charge is 0.326 e. The third-order valence-electron chi connectivity index (χ3n) is 4.28. The molecule has 0 aliphatic carbocycles. The summed E-state index contributed by atoms with van der Waals surface area (Å²) in [6.07, 6.45) is -1.87. The smallest absolute Gasteiger partial charge is 0.305 e. The van der Waals surface area contributed by atoms with E-state index >= 15 is 0 Å². The number of amides is 1. The average molecular weight is 471 g/mol. The van der Waals surface area contributed by atoms with E-state index in [9.17, 15) is 30.8 Å². The van der Waals surface area contributed by atoms with Crippen molar-refractivity contribution in [3.63, 3.8) is 0 Å². The van der Waals surface area contributed by atoms with Crippen molar-refractivity contribution in [3.8, 4) is 5.69 Å². The minimum absolute atomic E-state index is 0.0631. The number of nitrogens with zero attached hydrogens (tertiary/aromatic N) is 3. The van der Waals surface area contributed by atoms with Crippen molar-refractivity contribution in [2.75, 3.05) is 5.32 Å². The predicted molar refractivity (Wildman–Crippen MR) is 106 cm³/mol. The zero-order valence-corrected chi connectivity index (χ0v) is 17.3. The molecule has 0 spiro atoms. The van der Waals surface area contributed by atoms with Crippen LogP contribution in [0.25, 0.3) is 5.69 Å². The molecule has 0 aliphatic rings. The molecule has 1 amide bonds. The van der Waals surface area contributed by atoms with E-state index in [1.165, 1.54) is 36.4 Å². The summed E-state index contributed by atoms with van der Waals surface area (Å²) >= 11 is 0. The van der Waals surface area contributed by atoms with Crippen molar-refractivity contribution in [2.45, 2.75) is 30.6 Å². The molecule has 8 nitrogen and oxygen atoms in total. The van der Waals surface area contributed by atoms with Crippen LogP contribution in [0.5, 0.6) is 0 Å². The lowest BCUT2D eigenvalue weighted by molar-refractivity contribution is -0.115. The second-order valence-corrected chi connectivity index (χ2v) is 8.43. The van der Waals surface area contributed by atoms with Gasteiger partial charge in [0.1, 0.15) is 11.2 Å². The molecule has 32 heavy (non-hydrogen) atoms. The highest BCUT2D eigenvalue weighted by molar-refractivity contribution is 7.89. The third kappa shape index (κ3) is 5.48. The molecule has 13 heteroatoms. The van der Waals surface area contributed by atoms with Gasteiger partial charge in [0.15, 0.2) is 0 Å². The Morgan fingerprint density at radius 3 is 2.38 bits per heavy atom. The fraction of sp³-hybridized carbons (Fsp3) is 0.211. The van der Waals surface area contributed by atoms with E-state index in [-0.39, 0.29) is 23.4 Å². The van der Waals surface area contributed by atoms with Gasteiger partial charge >= 0.3 is 5.92 Å². The highest BCUT2D eigenvalue weighted by atomic mass is 32.2. The number of alkyl halides is 4. The number of nitrogens with one attached hydrogen (secondary N) is 1. The molecule has 0 aliphatic heterocycles. The molecule has 0 saturated heterocycles. The first-order valence-corrected chi connectivity index (χ1v) is 10.5. The van der Waals surface area contributed by atoms with E-state index in [0.29, 0.717) is 12.5 Å². The van der Waals surface area contributed by atoms with E-state index in [2.05, 4.69) is 15.4 Å². The molecule has 0 fully saturated rings. The fourth-order valence-corrected chi connectivity index (χ4v) is 3.51. The quantitative estimate of drug-likeness (QED) is 0.513. The van der Waals surface area contributed by atoms with Crippen molar-refractivity contribution in [3.05, 3.63) is 65.7 Å². The molecule has 0 unspecified atom stereocenters. The molecule has 1 heterocycles. The maximum Gasteiger partial charge on any atom is 0.305 e. The number of halogens is 4.